The Morgan fingerprint density at radius 2 is 1.69 bits per heavy atom. The molecule has 0 radical (unpaired) electrons. The van der Waals surface area contributed by atoms with E-state index in [4.69, 9.17) is 4.74 Å². The molecule has 2 rings (SSSR count). The average molecular weight is 376 g/mol. The second-order valence-electron chi connectivity index (χ2n) is 7.28. The highest BCUT2D eigenvalue weighted by atomic mass is 32.2. The van der Waals surface area contributed by atoms with E-state index in [1.807, 2.05) is 24.3 Å². The number of hydrogen-bond donors (Lipinski definition) is 1. The molecule has 1 unspecified atom stereocenters. The van der Waals surface area contributed by atoms with Crippen molar-refractivity contribution in [2.24, 2.45) is 0 Å². The first kappa shape index (κ1) is 20.5. The van der Waals surface area contributed by atoms with Crippen molar-refractivity contribution in [2.45, 2.75) is 38.0 Å². The van der Waals surface area contributed by atoms with Crippen LogP contribution in [0.4, 0.5) is 0 Å². The second-order valence-corrected chi connectivity index (χ2v) is 9.93. The lowest BCUT2D eigenvalue weighted by Crippen LogP contribution is -2.35. The third-order valence-corrected chi connectivity index (χ3v) is 7.22. The number of nitrogens with one attached hydrogen (secondary N) is 1. The first-order chi connectivity index (χ1) is 12.2. The normalized spacial score (nSPS) is 13.4. The van der Waals surface area contributed by atoms with Crippen molar-refractivity contribution in [3.8, 4) is 16.9 Å². The summed E-state index contributed by atoms with van der Waals surface area (Å²) in [5.74, 6) is 0.856. The first-order valence-electron chi connectivity index (χ1n) is 8.82. The van der Waals surface area contributed by atoms with Gasteiger partial charge in [0, 0.05) is 17.9 Å². The molecule has 2 aromatic carbocycles. The van der Waals surface area contributed by atoms with Gasteiger partial charge in [-0.1, -0.05) is 42.5 Å². The standard InChI is InChI=1S/C21H29NO3S/c1-16(22-15-14-21(2,3)26(5,23)24)17-10-12-18(13-11-17)19-8-6-7-9-20(19)25-4/h6-13,16,22H,14-15H2,1-5H3. The topological polar surface area (TPSA) is 55.4 Å². The highest BCUT2D eigenvalue weighted by Crippen LogP contribution is 2.30. The number of benzene rings is 2. The molecule has 1 atom stereocenters. The van der Waals surface area contributed by atoms with Gasteiger partial charge in [0.05, 0.1) is 11.9 Å². The average Bonchev–Trinajstić information content (AvgIpc) is 2.60. The smallest absolute Gasteiger partial charge is 0.152 e. The quantitative estimate of drug-likeness (QED) is 0.750. The van der Waals surface area contributed by atoms with E-state index in [0.29, 0.717) is 13.0 Å². The molecule has 0 heterocycles. The molecular weight excluding hydrogens is 346 g/mol. The highest BCUT2D eigenvalue weighted by molar-refractivity contribution is 7.92. The van der Waals surface area contributed by atoms with Gasteiger partial charge in [-0.05, 0) is 50.9 Å². The maximum Gasteiger partial charge on any atom is 0.152 e. The van der Waals surface area contributed by atoms with Gasteiger partial charge in [0.2, 0.25) is 0 Å². The molecule has 0 aromatic heterocycles. The van der Waals surface area contributed by atoms with Gasteiger partial charge < -0.3 is 10.1 Å². The zero-order chi connectivity index (χ0) is 19.4. The van der Waals surface area contributed by atoms with Gasteiger partial charge in [0.25, 0.3) is 0 Å². The number of sulfone groups is 1. The zero-order valence-electron chi connectivity index (χ0n) is 16.2. The van der Waals surface area contributed by atoms with E-state index in [1.54, 1.807) is 21.0 Å². The summed E-state index contributed by atoms with van der Waals surface area (Å²) in [6, 6.07) is 16.5. The van der Waals surface area contributed by atoms with E-state index < -0.39 is 14.6 Å². The molecule has 0 aliphatic rings. The van der Waals surface area contributed by atoms with Crippen LogP contribution in [0.5, 0.6) is 5.75 Å². The van der Waals surface area contributed by atoms with Crippen molar-refractivity contribution in [1.82, 2.24) is 5.32 Å². The number of methoxy groups -OCH3 is 1. The van der Waals surface area contributed by atoms with Gasteiger partial charge in [0.1, 0.15) is 5.75 Å². The number of hydrogen-bond acceptors (Lipinski definition) is 4. The predicted octanol–water partition coefficient (Wildman–Crippen LogP) is 4.23. The van der Waals surface area contributed by atoms with E-state index in [2.05, 4.69) is 36.5 Å². The van der Waals surface area contributed by atoms with E-state index in [9.17, 15) is 8.42 Å². The third-order valence-electron chi connectivity index (χ3n) is 5.01. The van der Waals surface area contributed by atoms with Crippen molar-refractivity contribution in [3.63, 3.8) is 0 Å². The maximum atomic E-state index is 11.8. The monoisotopic (exact) mass is 375 g/mol. The molecule has 0 aliphatic carbocycles. The Morgan fingerprint density at radius 1 is 1.08 bits per heavy atom. The van der Waals surface area contributed by atoms with Crippen molar-refractivity contribution >= 4 is 9.84 Å². The summed E-state index contributed by atoms with van der Waals surface area (Å²) >= 11 is 0. The predicted molar refractivity (Wildman–Crippen MR) is 108 cm³/mol. The number of para-hydroxylation sites is 1. The van der Waals surface area contributed by atoms with Crippen LogP contribution >= 0.6 is 0 Å². The lowest BCUT2D eigenvalue weighted by Gasteiger charge is -2.24. The van der Waals surface area contributed by atoms with Crippen LogP contribution in [0.2, 0.25) is 0 Å². The van der Waals surface area contributed by atoms with Gasteiger partial charge in [-0.3, -0.25) is 0 Å². The Balaban J connectivity index is 2.02. The summed E-state index contributed by atoms with van der Waals surface area (Å²) in [5.41, 5.74) is 3.34. The minimum atomic E-state index is -3.06. The van der Waals surface area contributed by atoms with Crippen LogP contribution in [0.3, 0.4) is 0 Å². The summed E-state index contributed by atoms with van der Waals surface area (Å²) in [7, 11) is -1.38. The first-order valence-corrected chi connectivity index (χ1v) is 10.7. The van der Waals surface area contributed by atoms with Gasteiger partial charge in [-0.25, -0.2) is 8.42 Å². The molecule has 4 nitrogen and oxygen atoms in total. The summed E-state index contributed by atoms with van der Waals surface area (Å²) in [5, 5.41) is 3.42. The van der Waals surface area contributed by atoms with Gasteiger partial charge >= 0.3 is 0 Å². The Morgan fingerprint density at radius 3 is 2.27 bits per heavy atom. The van der Waals surface area contributed by atoms with E-state index in [1.165, 1.54) is 11.8 Å². The summed E-state index contributed by atoms with van der Waals surface area (Å²) in [6.07, 6.45) is 1.88. The Kier molecular flexibility index (Phi) is 6.48. The molecule has 1 N–H and O–H groups in total. The van der Waals surface area contributed by atoms with Crippen molar-refractivity contribution in [1.29, 1.82) is 0 Å². The minimum absolute atomic E-state index is 0.150. The molecule has 26 heavy (non-hydrogen) atoms. The molecule has 142 valence electrons. The molecule has 0 saturated carbocycles. The molecule has 0 bridgehead atoms. The molecule has 0 aliphatic heterocycles. The van der Waals surface area contributed by atoms with Gasteiger partial charge in [-0.2, -0.15) is 0 Å². The Bertz CT molecular complexity index is 827. The van der Waals surface area contributed by atoms with Crippen LogP contribution in [-0.2, 0) is 9.84 Å². The zero-order valence-corrected chi connectivity index (χ0v) is 17.1. The van der Waals surface area contributed by atoms with E-state index in [0.717, 1.165) is 16.9 Å². The van der Waals surface area contributed by atoms with Crippen LogP contribution in [-0.4, -0.2) is 33.1 Å². The van der Waals surface area contributed by atoms with Crippen LogP contribution in [0.1, 0.15) is 38.8 Å². The summed E-state index contributed by atoms with van der Waals surface area (Å²) < 4.78 is 28.3. The van der Waals surface area contributed by atoms with Crippen LogP contribution < -0.4 is 10.1 Å². The fraction of sp³-hybridized carbons (Fsp3) is 0.429. The van der Waals surface area contributed by atoms with Crippen LogP contribution in [0.25, 0.3) is 11.1 Å². The minimum Gasteiger partial charge on any atom is -0.496 e. The maximum absolute atomic E-state index is 11.8. The lowest BCUT2D eigenvalue weighted by molar-refractivity contribution is 0.416. The number of ether oxygens (including phenoxy) is 1. The molecule has 0 saturated heterocycles. The van der Waals surface area contributed by atoms with Crippen molar-refractivity contribution in [3.05, 3.63) is 54.1 Å². The number of rotatable bonds is 8. The van der Waals surface area contributed by atoms with E-state index >= 15 is 0 Å². The SMILES string of the molecule is COc1ccccc1-c1ccc(C(C)NCCC(C)(C)S(C)(=O)=O)cc1. The molecule has 2 aromatic rings. The van der Waals surface area contributed by atoms with Gasteiger partial charge in [0.15, 0.2) is 9.84 Å². The van der Waals surface area contributed by atoms with Crippen molar-refractivity contribution in [2.75, 3.05) is 19.9 Å². The largest absolute Gasteiger partial charge is 0.496 e. The van der Waals surface area contributed by atoms with Crippen molar-refractivity contribution < 1.29 is 13.2 Å². The second kappa shape index (κ2) is 8.23. The van der Waals surface area contributed by atoms with Gasteiger partial charge in [-0.15, -0.1) is 0 Å². The summed E-state index contributed by atoms with van der Waals surface area (Å²) in [4.78, 5) is 0. The molecule has 0 fully saturated rings. The molecule has 5 heteroatoms. The lowest BCUT2D eigenvalue weighted by atomic mass is 10.0. The van der Waals surface area contributed by atoms with Crippen LogP contribution in [0, 0.1) is 0 Å². The third kappa shape index (κ3) is 4.86. The fourth-order valence-corrected chi connectivity index (χ4v) is 3.20. The molecular formula is C21H29NO3S. The molecule has 0 amide bonds. The highest BCUT2D eigenvalue weighted by Gasteiger charge is 2.29. The Hall–Kier alpha value is -1.85. The summed E-state index contributed by atoms with van der Waals surface area (Å²) in [6.45, 7) is 6.29. The van der Waals surface area contributed by atoms with E-state index in [-0.39, 0.29) is 6.04 Å². The fourth-order valence-electron chi connectivity index (χ4n) is 2.73. The molecule has 0 spiro atoms. The van der Waals surface area contributed by atoms with Crippen LogP contribution in [0.15, 0.2) is 48.5 Å². The Labute approximate surface area is 157 Å².